The molecular weight excluding hydrogens is 384 g/mol. The Morgan fingerprint density at radius 2 is 2.22 bits per heavy atom. The fraction of sp³-hybridized carbons (Fsp3) is 0.200. The third-order valence-corrected chi connectivity index (χ3v) is 4.23. The summed E-state index contributed by atoms with van der Waals surface area (Å²) in [5.41, 5.74) is 1.75. The highest BCUT2D eigenvalue weighted by Gasteiger charge is 2.26. The lowest BCUT2D eigenvalue weighted by Gasteiger charge is -2.08. The number of nitrogens with zero attached hydrogens (tertiary/aromatic N) is 3. The van der Waals surface area contributed by atoms with Gasteiger partial charge < -0.3 is 15.1 Å². The normalized spacial score (nSPS) is 11.9. The lowest BCUT2D eigenvalue weighted by atomic mass is 10.2. The largest absolute Gasteiger partial charge is 0.444 e. The van der Waals surface area contributed by atoms with Crippen LogP contribution in [-0.4, -0.2) is 45.5 Å². The molecule has 0 aliphatic rings. The Morgan fingerprint density at radius 3 is 2.96 bits per heavy atom. The number of anilines is 2. The molecule has 8 nitrogen and oxygen atoms in total. The zero-order chi connectivity index (χ0) is 19.4. The average Bonchev–Trinajstić information content (AvgIpc) is 3.29. The first-order valence-electron chi connectivity index (χ1n) is 7.61. The van der Waals surface area contributed by atoms with Crippen LogP contribution in [0.1, 0.15) is 10.5 Å². The van der Waals surface area contributed by atoms with Crippen LogP contribution in [0.3, 0.4) is 0 Å². The maximum absolute atomic E-state index is 12.3. The molecule has 3 aromatic rings. The summed E-state index contributed by atoms with van der Waals surface area (Å²) in [5, 5.41) is 11.5. The van der Waals surface area contributed by atoms with Crippen LogP contribution in [0.15, 0.2) is 35.2 Å². The molecule has 12 heteroatoms. The number of aromatic amines is 1. The molecule has 3 aromatic heterocycles. The minimum atomic E-state index is -4.36. The van der Waals surface area contributed by atoms with Gasteiger partial charge in [-0.3, -0.25) is 9.89 Å². The molecule has 3 heterocycles. The van der Waals surface area contributed by atoms with E-state index in [1.807, 2.05) is 6.66 Å². The van der Waals surface area contributed by atoms with Gasteiger partial charge in [0.1, 0.15) is 18.6 Å². The fourth-order valence-electron chi connectivity index (χ4n) is 2.12. The molecule has 1 amide bonds. The van der Waals surface area contributed by atoms with E-state index < -0.39 is 18.6 Å². The highest BCUT2D eigenvalue weighted by atomic mass is 31.1. The molecule has 1 unspecified atom stereocenters. The molecule has 0 saturated heterocycles. The summed E-state index contributed by atoms with van der Waals surface area (Å²) in [6.45, 7) is 0.721. The van der Waals surface area contributed by atoms with Crippen LogP contribution in [0.4, 0.5) is 24.7 Å². The van der Waals surface area contributed by atoms with Crippen molar-refractivity contribution in [1.29, 1.82) is 0 Å². The third-order valence-electron chi connectivity index (χ3n) is 3.35. The second-order valence-corrected chi connectivity index (χ2v) is 6.30. The minimum Gasteiger partial charge on any atom is -0.444 e. The van der Waals surface area contributed by atoms with Crippen molar-refractivity contribution in [2.75, 3.05) is 23.8 Å². The average molecular weight is 398 g/mol. The molecule has 27 heavy (non-hydrogen) atoms. The number of oxazole rings is 1. The van der Waals surface area contributed by atoms with Crippen LogP contribution in [0, 0.1) is 0 Å². The second kappa shape index (κ2) is 7.75. The van der Waals surface area contributed by atoms with Gasteiger partial charge in [-0.1, -0.05) is 8.58 Å². The first kappa shape index (κ1) is 18.8. The molecule has 0 aliphatic carbocycles. The van der Waals surface area contributed by atoms with Gasteiger partial charge in [-0.15, -0.1) is 0 Å². The number of hydrogen-bond acceptors (Lipinski definition) is 6. The maximum Gasteiger partial charge on any atom is 0.405 e. The summed E-state index contributed by atoms with van der Waals surface area (Å²) in [7, 11) is 0.417. The highest BCUT2D eigenvalue weighted by Crippen LogP contribution is 2.22. The van der Waals surface area contributed by atoms with Crippen molar-refractivity contribution in [3.8, 4) is 11.5 Å². The van der Waals surface area contributed by atoms with E-state index >= 15 is 0 Å². The highest BCUT2D eigenvalue weighted by molar-refractivity contribution is 7.46. The van der Waals surface area contributed by atoms with Gasteiger partial charge in [-0.2, -0.15) is 18.3 Å². The summed E-state index contributed by atoms with van der Waals surface area (Å²) < 4.78 is 42.2. The first-order valence-corrected chi connectivity index (χ1v) is 9.11. The molecule has 3 rings (SSSR count). The van der Waals surface area contributed by atoms with Gasteiger partial charge in [0.15, 0.2) is 5.69 Å². The summed E-state index contributed by atoms with van der Waals surface area (Å²) in [4.78, 5) is 20.2. The molecule has 0 saturated carbocycles. The molecule has 0 radical (unpaired) electrons. The monoisotopic (exact) mass is 398 g/mol. The number of aromatic nitrogens is 4. The van der Waals surface area contributed by atoms with E-state index in [0.29, 0.717) is 19.8 Å². The van der Waals surface area contributed by atoms with Crippen molar-refractivity contribution in [3.05, 3.63) is 36.5 Å². The van der Waals surface area contributed by atoms with Gasteiger partial charge in [0.2, 0.25) is 5.89 Å². The summed E-state index contributed by atoms with van der Waals surface area (Å²) in [6, 6.07) is 2.87. The fourth-order valence-corrected chi connectivity index (χ4v) is 2.69. The second-order valence-electron chi connectivity index (χ2n) is 5.30. The van der Waals surface area contributed by atoms with Gasteiger partial charge >= 0.3 is 6.18 Å². The Labute approximate surface area is 152 Å². The number of hydrogen-bond donors (Lipinski definition) is 3. The van der Waals surface area contributed by atoms with Crippen LogP contribution in [-0.2, 0) is 0 Å². The molecule has 1 atom stereocenters. The predicted octanol–water partition coefficient (Wildman–Crippen LogP) is 2.62. The quantitative estimate of drug-likeness (QED) is 0.551. The van der Waals surface area contributed by atoms with E-state index in [2.05, 4.69) is 30.8 Å². The topological polar surface area (TPSA) is 109 Å². The smallest absolute Gasteiger partial charge is 0.405 e. The number of pyridine rings is 1. The van der Waals surface area contributed by atoms with Gasteiger partial charge in [-0.05, 0) is 18.8 Å². The Balaban J connectivity index is 1.72. The van der Waals surface area contributed by atoms with Crippen LogP contribution in [0.5, 0.6) is 0 Å². The van der Waals surface area contributed by atoms with E-state index in [4.69, 9.17) is 4.42 Å². The van der Waals surface area contributed by atoms with Crippen LogP contribution in [0.25, 0.3) is 11.5 Å². The summed E-state index contributed by atoms with van der Waals surface area (Å²) in [6.07, 6.45) is -0.386. The number of amides is 1. The van der Waals surface area contributed by atoms with Crippen molar-refractivity contribution < 1.29 is 22.4 Å². The van der Waals surface area contributed by atoms with Crippen molar-refractivity contribution in [3.63, 3.8) is 0 Å². The van der Waals surface area contributed by atoms with Crippen LogP contribution in [0.2, 0.25) is 0 Å². The number of halogens is 3. The lowest BCUT2D eigenvalue weighted by Crippen LogP contribution is -2.21. The van der Waals surface area contributed by atoms with Crippen LogP contribution < -0.4 is 16.1 Å². The lowest BCUT2D eigenvalue weighted by molar-refractivity contribution is -0.115. The van der Waals surface area contributed by atoms with Crippen molar-refractivity contribution >= 4 is 31.4 Å². The maximum atomic E-state index is 12.3. The van der Waals surface area contributed by atoms with E-state index in [1.165, 1.54) is 30.8 Å². The van der Waals surface area contributed by atoms with Crippen molar-refractivity contribution in [2.24, 2.45) is 0 Å². The molecular formula is C15H14F3N6O2P. The van der Waals surface area contributed by atoms with Crippen molar-refractivity contribution in [1.82, 2.24) is 20.2 Å². The predicted molar refractivity (Wildman–Crippen MR) is 94.7 cm³/mol. The Morgan fingerprint density at radius 1 is 1.41 bits per heavy atom. The van der Waals surface area contributed by atoms with Gasteiger partial charge in [-0.25, -0.2) is 9.97 Å². The van der Waals surface area contributed by atoms with E-state index in [0.717, 1.165) is 5.44 Å². The standard InChI is InChI=1S/C15H14F3N6O2P/c1-27-14-9(5-21-24-14)22-12(25)10-6-26-13(23-10)8-2-3-19-11(4-8)20-7-15(16,17)18/h2-6,27H,7H2,1H3,(H,19,20)(H,21,24)(H,22,25). The molecule has 0 aromatic carbocycles. The molecule has 142 valence electrons. The SMILES string of the molecule is CPc1[nH]ncc1NC(=O)c1coc(-c2ccnc(NCC(F)(F)F)c2)n1. The molecule has 0 fully saturated rings. The van der Waals surface area contributed by atoms with Gasteiger partial charge in [0.25, 0.3) is 5.91 Å². The zero-order valence-electron chi connectivity index (χ0n) is 13.9. The summed E-state index contributed by atoms with van der Waals surface area (Å²) in [5.74, 6) is -0.390. The van der Waals surface area contributed by atoms with E-state index in [9.17, 15) is 18.0 Å². The van der Waals surface area contributed by atoms with E-state index in [1.54, 1.807) is 0 Å². The van der Waals surface area contributed by atoms with Crippen molar-refractivity contribution in [2.45, 2.75) is 6.18 Å². The first-order chi connectivity index (χ1) is 12.9. The summed E-state index contributed by atoms with van der Waals surface area (Å²) >= 11 is 0. The Bertz CT molecular complexity index is 940. The number of alkyl halides is 3. The molecule has 0 spiro atoms. The van der Waals surface area contributed by atoms with Crippen LogP contribution >= 0.6 is 8.58 Å². The molecule has 0 aliphatic heterocycles. The van der Waals surface area contributed by atoms with Gasteiger partial charge in [0, 0.05) is 11.8 Å². The van der Waals surface area contributed by atoms with E-state index in [-0.39, 0.29) is 17.4 Å². The van der Waals surface area contributed by atoms with Gasteiger partial charge in [0.05, 0.1) is 17.3 Å². The number of carbonyl (C=O) groups is 1. The minimum absolute atomic E-state index is 0.0148. The molecule has 0 bridgehead atoms. The number of rotatable bonds is 6. The number of H-pyrrole nitrogens is 1. The Hall–Kier alpha value is -2.94. The zero-order valence-corrected chi connectivity index (χ0v) is 14.9. The number of carbonyl (C=O) groups excluding carboxylic acids is 1. The number of nitrogens with one attached hydrogen (secondary N) is 3. The third kappa shape index (κ3) is 4.82. The Kier molecular flexibility index (Phi) is 5.41. The molecule has 3 N–H and O–H groups in total.